The van der Waals surface area contributed by atoms with E-state index in [1.165, 1.54) is 12.1 Å². The van der Waals surface area contributed by atoms with Gasteiger partial charge in [-0.2, -0.15) is 5.10 Å². The molecule has 1 aliphatic rings. The molecular formula is C30H30FN3O4. The summed E-state index contributed by atoms with van der Waals surface area (Å²) in [7, 11) is 3.41. The molecule has 8 heteroatoms. The molecule has 0 N–H and O–H groups in total. The lowest BCUT2D eigenvalue weighted by Crippen LogP contribution is -2.37. The molecule has 0 bridgehead atoms. The summed E-state index contributed by atoms with van der Waals surface area (Å²) in [6.45, 7) is 1.15. The number of aromatic nitrogens is 2. The Labute approximate surface area is 221 Å². The average Bonchev–Trinajstić information content (AvgIpc) is 3.57. The molecule has 1 aliphatic heterocycles. The van der Waals surface area contributed by atoms with Gasteiger partial charge in [-0.1, -0.05) is 42.5 Å². The van der Waals surface area contributed by atoms with Crippen LogP contribution < -0.4 is 9.47 Å². The van der Waals surface area contributed by atoms with E-state index in [0.717, 1.165) is 24.0 Å². The van der Waals surface area contributed by atoms with Crippen molar-refractivity contribution >= 4 is 5.91 Å². The van der Waals surface area contributed by atoms with Gasteiger partial charge in [0, 0.05) is 25.8 Å². The minimum absolute atomic E-state index is 0.0215. The maximum atomic E-state index is 14.7. The zero-order valence-electron chi connectivity index (χ0n) is 21.5. The molecule has 1 saturated heterocycles. The number of hydrogen-bond acceptors (Lipinski definition) is 5. The Bertz CT molecular complexity index is 1380. The average molecular weight is 516 g/mol. The minimum Gasteiger partial charge on any atom is -0.497 e. The van der Waals surface area contributed by atoms with Crippen LogP contribution >= 0.6 is 0 Å². The van der Waals surface area contributed by atoms with Gasteiger partial charge in [0.05, 0.1) is 30.9 Å². The Morgan fingerprint density at radius 3 is 2.45 bits per heavy atom. The molecule has 0 spiro atoms. The standard InChI is InChI=1S/C30H30FN3O4/c1-33-30(38-23-16-14-22(36-2)15-17-23)26(28(32-33)21-9-4-3-5-10-21)20-34(19-24-11-8-18-37-24)29(35)25-12-6-7-13-27(25)31/h3-7,9-10,12-17,24H,8,11,18-20H2,1-2H3/t24-/m0/s1. The first kappa shape index (κ1) is 25.5. The summed E-state index contributed by atoms with van der Waals surface area (Å²) < 4.78 is 33.8. The van der Waals surface area contributed by atoms with E-state index in [1.807, 2.05) is 54.6 Å². The van der Waals surface area contributed by atoms with Crippen LogP contribution in [0.1, 0.15) is 28.8 Å². The highest BCUT2D eigenvalue weighted by atomic mass is 19.1. The van der Waals surface area contributed by atoms with Crippen molar-refractivity contribution in [2.24, 2.45) is 7.05 Å². The van der Waals surface area contributed by atoms with Crippen LogP contribution in [0.3, 0.4) is 0 Å². The zero-order valence-corrected chi connectivity index (χ0v) is 21.5. The number of carbonyl (C=O) groups is 1. The predicted octanol–water partition coefficient (Wildman–Crippen LogP) is 5.85. The van der Waals surface area contributed by atoms with Crippen molar-refractivity contribution in [2.75, 3.05) is 20.3 Å². The Hall–Kier alpha value is -4.17. The smallest absolute Gasteiger partial charge is 0.257 e. The van der Waals surface area contributed by atoms with E-state index < -0.39 is 11.7 Å². The van der Waals surface area contributed by atoms with Crippen molar-refractivity contribution in [2.45, 2.75) is 25.5 Å². The number of benzene rings is 3. The van der Waals surface area contributed by atoms with Gasteiger partial charge in [-0.05, 0) is 49.2 Å². The fourth-order valence-electron chi connectivity index (χ4n) is 4.66. The molecule has 196 valence electrons. The van der Waals surface area contributed by atoms with Gasteiger partial charge in [-0.25, -0.2) is 9.07 Å². The molecule has 7 nitrogen and oxygen atoms in total. The van der Waals surface area contributed by atoms with Crippen molar-refractivity contribution in [3.63, 3.8) is 0 Å². The van der Waals surface area contributed by atoms with Gasteiger partial charge in [-0.3, -0.25) is 4.79 Å². The molecule has 2 heterocycles. The summed E-state index contributed by atoms with van der Waals surface area (Å²) in [5.74, 6) is 0.843. The van der Waals surface area contributed by atoms with Crippen molar-refractivity contribution in [3.05, 3.63) is 95.8 Å². The molecule has 4 aromatic rings. The van der Waals surface area contributed by atoms with Crippen molar-refractivity contribution in [1.82, 2.24) is 14.7 Å². The summed E-state index contributed by atoms with van der Waals surface area (Å²) in [4.78, 5) is 15.3. The zero-order chi connectivity index (χ0) is 26.5. The summed E-state index contributed by atoms with van der Waals surface area (Å²) >= 11 is 0. The Kier molecular flexibility index (Phi) is 7.70. The largest absolute Gasteiger partial charge is 0.497 e. The maximum Gasteiger partial charge on any atom is 0.257 e. The second kappa shape index (κ2) is 11.5. The number of methoxy groups -OCH3 is 1. The number of aryl methyl sites for hydroxylation is 1. The third kappa shape index (κ3) is 5.55. The second-order valence-corrected chi connectivity index (χ2v) is 9.20. The number of hydrogen-bond donors (Lipinski definition) is 0. The first-order valence-corrected chi connectivity index (χ1v) is 12.6. The second-order valence-electron chi connectivity index (χ2n) is 9.20. The summed E-state index contributed by atoms with van der Waals surface area (Å²) in [6.07, 6.45) is 1.66. The van der Waals surface area contributed by atoms with Crippen LogP contribution in [0, 0.1) is 5.82 Å². The molecule has 1 amide bonds. The van der Waals surface area contributed by atoms with Crippen LogP contribution in [0.15, 0.2) is 78.9 Å². The fraction of sp³-hybridized carbons (Fsp3) is 0.267. The molecule has 1 aromatic heterocycles. The van der Waals surface area contributed by atoms with E-state index >= 15 is 0 Å². The first-order valence-electron chi connectivity index (χ1n) is 12.6. The number of rotatable bonds is 9. The highest BCUT2D eigenvalue weighted by Gasteiger charge is 2.29. The number of carbonyl (C=O) groups excluding carboxylic acids is 1. The molecule has 0 saturated carbocycles. The Balaban J connectivity index is 1.56. The van der Waals surface area contributed by atoms with E-state index in [2.05, 4.69) is 0 Å². The number of amides is 1. The SMILES string of the molecule is COc1ccc(Oc2c(CN(C[C@@H]3CCCO3)C(=O)c3ccccc3F)c(-c3ccccc3)nn2C)cc1. The summed E-state index contributed by atoms with van der Waals surface area (Å²) in [5.41, 5.74) is 2.32. The number of halogens is 1. The third-order valence-electron chi connectivity index (χ3n) is 6.60. The molecule has 0 radical (unpaired) electrons. The fourth-order valence-corrected chi connectivity index (χ4v) is 4.66. The van der Waals surface area contributed by atoms with Crippen LogP contribution in [0.5, 0.6) is 17.4 Å². The van der Waals surface area contributed by atoms with Gasteiger partial charge in [0.2, 0.25) is 5.88 Å². The predicted molar refractivity (Wildman–Crippen MR) is 142 cm³/mol. The van der Waals surface area contributed by atoms with Gasteiger partial charge in [0.1, 0.15) is 23.0 Å². The van der Waals surface area contributed by atoms with Crippen molar-refractivity contribution < 1.29 is 23.4 Å². The van der Waals surface area contributed by atoms with Gasteiger partial charge >= 0.3 is 0 Å². The maximum absolute atomic E-state index is 14.7. The van der Waals surface area contributed by atoms with Crippen LogP contribution in [0.2, 0.25) is 0 Å². The van der Waals surface area contributed by atoms with Gasteiger partial charge in [0.25, 0.3) is 5.91 Å². The van der Waals surface area contributed by atoms with Crippen molar-refractivity contribution in [1.29, 1.82) is 0 Å². The van der Waals surface area contributed by atoms with Gasteiger partial charge < -0.3 is 19.1 Å². The topological polar surface area (TPSA) is 65.8 Å². The molecule has 1 fully saturated rings. The number of nitrogens with zero attached hydrogens (tertiary/aromatic N) is 3. The summed E-state index contributed by atoms with van der Waals surface area (Å²) in [5, 5.41) is 4.77. The molecule has 0 aliphatic carbocycles. The molecule has 0 unspecified atom stereocenters. The lowest BCUT2D eigenvalue weighted by Gasteiger charge is -2.26. The molecular weight excluding hydrogens is 485 g/mol. The highest BCUT2D eigenvalue weighted by molar-refractivity contribution is 5.94. The first-order chi connectivity index (χ1) is 18.5. The van der Waals surface area contributed by atoms with E-state index in [9.17, 15) is 9.18 Å². The quantitative estimate of drug-likeness (QED) is 0.280. The van der Waals surface area contributed by atoms with Crippen LogP contribution in [0.25, 0.3) is 11.3 Å². The van der Waals surface area contributed by atoms with Crippen molar-refractivity contribution in [3.8, 4) is 28.6 Å². The molecule has 3 aromatic carbocycles. The van der Waals surface area contributed by atoms with Crippen LogP contribution in [-0.4, -0.2) is 47.0 Å². The lowest BCUT2D eigenvalue weighted by molar-refractivity contribution is 0.0502. The molecule has 1 atom stereocenters. The monoisotopic (exact) mass is 515 g/mol. The summed E-state index contributed by atoms with van der Waals surface area (Å²) in [6, 6.07) is 23.0. The van der Waals surface area contributed by atoms with Gasteiger partial charge in [0.15, 0.2) is 0 Å². The normalized spacial score (nSPS) is 14.9. The molecule has 38 heavy (non-hydrogen) atoms. The third-order valence-corrected chi connectivity index (χ3v) is 6.60. The van der Waals surface area contributed by atoms with E-state index in [0.29, 0.717) is 36.2 Å². The number of ether oxygens (including phenoxy) is 3. The highest BCUT2D eigenvalue weighted by Crippen LogP contribution is 2.35. The molecule has 5 rings (SSSR count). The Morgan fingerprint density at radius 2 is 1.76 bits per heavy atom. The Morgan fingerprint density at radius 1 is 1.05 bits per heavy atom. The van der Waals surface area contributed by atoms with E-state index in [1.54, 1.807) is 35.9 Å². The van der Waals surface area contributed by atoms with Crippen LogP contribution in [-0.2, 0) is 18.3 Å². The van der Waals surface area contributed by atoms with Gasteiger partial charge in [-0.15, -0.1) is 0 Å². The van der Waals surface area contributed by atoms with E-state index in [-0.39, 0.29) is 18.2 Å². The van der Waals surface area contributed by atoms with Crippen LogP contribution in [0.4, 0.5) is 4.39 Å². The van der Waals surface area contributed by atoms with E-state index in [4.69, 9.17) is 19.3 Å². The minimum atomic E-state index is -0.556. The lowest BCUT2D eigenvalue weighted by atomic mass is 10.1.